The van der Waals surface area contributed by atoms with Crippen LogP contribution < -0.4 is 15.2 Å². The Morgan fingerprint density at radius 3 is 2.58 bits per heavy atom. The smallest absolute Gasteiger partial charge is 0.141 e. The van der Waals surface area contributed by atoms with Gasteiger partial charge in [0.1, 0.15) is 17.2 Å². The van der Waals surface area contributed by atoms with Crippen molar-refractivity contribution in [3.05, 3.63) is 52.5 Å². The van der Waals surface area contributed by atoms with E-state index in [4.69, 9.17) is 15.2 Å². The molecule has 4 heteroatoms. The Labute approximate surface area is 121 Å². The molecule has 0 heterocycles. The van der Waals surface area contributed by atoms with Crippen molar-refractivity contribution in [3.63, 3.8) is 0 Å². The van der Waals surface area contributed by atoms with Crippen LogP contribution in [-0.2, 0) is 6.54 Å². The third kappa shape index (κ3) is 3.72. The van der Waals surface area contributed by atoms with Crippen LogP contribution in [0.1, 0.15) is 12.5 Å². The van der Waals surface area contributed by atoms with E-state index in [2.05, 4.69) is 15.9 Å². The number of nitrogens with two attached hydrogens (primary N) is 1. The molecule has 0 aliphatic rings. The Morgan fingerprint density at radius 2 is 1.89 bits per heavy atom. The largest absolute Gasteiger partial charge is 0.494 e. The van der Waals surface area contributed by atoms with Crippen molar-refractivity contribution in [2.24, 2.45) is 5.73 Å². The maximum absolute atomic E-state index is 5.83. The van der Waals surface area contributed by atoms with Crippen LogP contribution in [0.25, 0.3) is 0 Å². The highest BCUT2D eigenvalue weighted by Gasteiger charge is 2.04. The second-order valence-electron chi connectivity index (χ2n) is 3.98. The zero-order valence-electron chi connectivity index (χ0n) is 10.7. The summed E-state index contributed by atoms with van der Waals surface area (Å²) in [5.41, 5.74) is 6.65. The van der Waals surface area contributed by atoms with Crippen molar-refractivity contribution >= 4 is 15.9 Å². The summed E-state index contributed by atoms with van der Waals surface area (Å²) in [6.07, 6.45) is 0. The minimum absolute atomic E-state index is 0.513. The zero-order valence-corrected chi connectivity index (χ0v) is 12.3. The van der Waals surface area contributed by atoms with Crippen LogP contribution in [0.5, 0.6) is 17.2 Å². The zero-order chi connectivity index (χ0) is 13.7. The van der Waals surface area contributed by atoms with Crippen LogP contribution >= 0.6 is 15.9 Å². The van der Waals surface area contributed by atoms with Crippen molar-refractivity contribution < 1.29 is 9.47 Å². The Morgan fingerprint density at radius 1 is 1.11 bits per heavy atom. The van der Waals surface area contributed by atoms with Crippen molar-refractivity contribution in [3.8, 4) is 17.2 Å². The summed E-state index contributed by atoms with van der Waals surface area (Å²) in [5, 5.41) is 0. The quantitative estimate of drug-likeness (QED) is 0.901. The van der Waals surface area contributed by atoms with E-state index in [0.29, 0.717) is 13.2 Å². The number of hydrogen-bond acceptors (Lipinski definition) is 3. The molecule has 0 spiro atoms. The van der Waals surface area contributed by atoms with Gasteiger partial charge in [0.25, 0.3) is 0 Å². The summed E-state index contributed by atoms with van der Waals surface area (Å²) in [6.45, 7) is 3.10. The van der Waals surface area contributed by atoms with E-state index in [1.54, 1.807) is 0 Å². The molecule has 0 amide bonds. The number of rotatable bonds is 5. The summed E-state index contributed by atoms with van der Waals surface area (Å²) >= 11 is 3.48. The Balaban J connectivity index is 2.18. The van der Waals surface area contributed by atoms with Gasteiger partial charge in [-0.25, -0.2) is 0 Å². The van der Waals surface area contributed by atoms with Gasteiger partial charge in [0, 0.05) is 12.6 Å². The normalized spacial score (nSPS) is 10.3. The van der Waals surface area contributed by atoms with Crippen LogP contribution in [0.4, 0.5) is 0 Å². The van der Waals surface area contributed by atoms with Gasteiger partial charge in [-0.15, -0.1) is 0 Å². The number of benzene rings is 2. The van der Waals surface area contributed by atoms with E-state index >= 15 is 0 Å². The van der Waals surface area contributed by atoms with E-state index in [0.717, 1.165) is 27.3 Å². The summed E-state index contributed by atoms with van der Waals surface area (Å²) in [7, 11) is 0. The first-order valence-corrected chi connectivity index (χ1v) is 6.91. The SMILES string of the molecule is CCOc1cccc(Oc2ccc(CN)cc2Br)c1. The Bertz CT molecular complexity index is 558. The summed E-state index contributed by atoms with van der Waals surface area (Å²) in [5.74, 6) is 2.30. The van der Waals surface area contributed by atoms with E-state index < -0.39 is 0 Å². The monoisotopic (exact) mass is 321 g/mol. The third-order valence-corrected chi connectivity index (χ3v) is 3.20. The van der Waals surface area contributed by atoms with Gasteiger partial charge in [-0.05, 0) is 52.7 Å². The lowest BCUT2D eigenvalue weighted by molar-refractivity contribution is 0.338. The van der Waals surface area contributed by atoms with E-state index in [9.17, 15) is 0 Å². The van der Waals surface area contributed by atoms with Gasteiger partial charge in [-0.1, -0.05) is 12.1 Å². The molecule has 0 radical (unpaired) electrons. The molecule has 0 fully saturated rings. The van der Waals surface area contributed by atoms with Crippen molar-refractivity contribution in [2.45, 2.75) is 13.5 Å². The van der Waals surface area contributed by atoms with E-state index in [1.165, 1.54) is 0 Å². The van der Waals surface area contributed by atoms with Gasteiger partial charge in [-0.2, -0.15) is 0 Å². The molecular formula is C15H16BrNO2. The molecule has 0 aromatic heterocycles. The lowest BCUT2D eigenvalue weighted by Crippen LogP contribution is -1.96. The summed E-state index contributed by atoms with van der Waals surface area (Å²) in [4.78, 5) is 0. The lowest BCUT2D eigenvalue weighted by Gasteiger charge is -2.10. The van der Waals surface area contributed by atoms with Crippen molar-refractivity contribution in [1.82, 2.24) is 0 Å². The summed E-state index contributed by atoms with van der Waals surface area (Å²) < 4.78 is 12.2. The standard InChI is InChI=1S/C15H16BrNO2/c1-2-18-12-4-3-5-13(9-12)19-15-7-6-11(10-17)8-14(15)16/h3-9H,2,10,17H2,1H3. The third-order valence-electron chi connectivity index (χ3n) is 2.58. The molecule has 0 aliphatic heterocycles. The van der Waals surface area contributed by atoms with Gasteiger partial charge in [0.05, 0.1) is 11.1 Å². The maximum atomic E-state index is 5.83. The first kappa shape index (κ1) is 13.9. The molecule has 19 heavy (non-hydrogen) atoms. The molecule has 0 aliphatic carbocycles. The van der Waals surface area contributed by atoms with Crippen molar-refractivity contribution in [1.29, 1.82) is 0 Å². The van der Waals surface area contributed by atoms with E-state index in [1.807, 2.05) is 49.4 Å². The van der Waals surface area contributed by atoms with Crippen LogP contribution in [0.2, 0.25) is 0 Å². The van der Waals surface area contributed by atoms with Crippen LogP contribution in [0.15, 0.2) is 46.9 Å². The van der Waals surface area contributed by atoms with Gasteiger partial charge in [-0.3, -0.25) is 0 Å². The predicted molar refractivity (Wildman–Crippen MR) is 79.7 cm³/mol. The molecule has 0 unspecified atom stereocenters. The molecule has 2 aromatic carbocycles. The highest BCUT2D eigenvalue weighted by atomic mass is 79.9. The molecule has 2 aromatic rings. The fourth-order valence-electron chi connectivity index (χ4n) is 1.68. The molecule has 0 saturated carbocycles. The topological polar surface area (TPSA) is 44.5 Å². The fourth-order valence-corrected chi connectivity index (χ4v) is 2.18. The Hall–Kier alpha value is -1.52. The van der Waals surface area contributed by atoms with Crippen LogP contribution in [0, 0.1) is 0 Å². The maximum Gasteiger partial charge on any atom is 0.141 e. The molecular weight excluding hydrogens is 306 g/mol. The molecule has 0 saturated heterocycles. The lowest BCUT2D eigenvalue weighted by atomic mass is 10.2. The first-order chi connectivity index (χ1) is 9.22. The van der Waals surface area contributed by atoms with Crippen LogP contribution in [0.3, 0.4) is 0 Å². The second kappa shape index (κ2) is 6.59. The number of halogens is 1. The highest BCUT2D eigenvalue weighted by molar-refractivity contribution is 9.10. The Kier molecular flexibility index (Phi) is 4.82. The molecule has 2 rings (SSSR count). The molecule has 100 valence electrons. The molecule has 3 nitrogen and oxygen atoms in total. The average molecular weight is 322 g/mol. The van der Waals surface area contributed by atoms with Gasteiger partial charge < -0.3 is 15.2 Å². The highest BCUT2D eigenvalue weighted by Crippen LogP contribution is 2.31. The van der Waals surface area contributed by atoms with Crippen molar-refractivity contribution in [2.75, 3.05) is 6.61 Å². The number of hydrogen-bond donors (Lipinski definition) is 1. The average Bonchev–Trinajstić information content (AvgIpc) is 2.42. The summed E-state index contributed by atoms with van der Waals surface area (Å²) in [6, 6.07) is 13.4. The van der Waals surface area contributed by atoms with Gasteiger partial charge in [0.2, 0.25) is 0 Å². The van der Waals surface area contributed by atoms with Gasteiger partial charge in [0.15, 0.2) is 0 Å². The minimum atomic E-state index is 0.513. The number of ether oxygens (including phenoxy) is 2. The molecule has 0 bridgehead atoms. The predicted octanol–water partition coefficient (Wildman–Crippen LogP) is 4.10. The minimum Gasteiger partial charge on any atom is -0.494 e. The second-order valence-corrected chi connectivity index (χ2v) is 4.83. The molecule has 2 N–H and O–H groups in total. The van der Waals surface area contributed by atoms with E-state index in [-0.39, 0.29) is 0 Å². The first-order valence-electron chi connectivity index (χ1n) is 6.12. The fraction of sp³-hybridized carbons (Fsp3) is 0.200. The van der Waals surface area contributed by atoms with Gasteiger partial charge >= 0.3 is 0 Å². The molecule has 0 atom stereocenters. The van der Waals surface area contributed by atoms with Crippen LogP contribution in [-0.4, -0.2) is 6.61 Å².